The Morgan fingerprint density at radius 1 is 1.14 bits per heavy atom. The molecule has 3 atom stereocenters. The molecule has 0 saturated carbocycles. The van der Waals surface area contributed by atoms with Gasteiger partial charge in [-0.25, -0.2) is 9.59 Å². The number of nitro groups is 1. The Morgan fingerprint density at radius 2 is 1.83 bits per heavy atom. The van der Waals surface area contributed by atoms with Crippen LogP contribution >= 0.6 is 0 Å². The van der Waals surface area contributed by atoms with Crippen LogP contribution in [0.1, 0.15) is 19.3 Å². The average Bonchev–Trinajstić information content (AvgIpc) is 2.76. The highest BCUT2D eigenvalue weighted by Crippen LogP contribution is 2.24. The van der Waals surface area contributed by atoms with Crippen molar-refractivity contribution in [1.29, 1.82) is 0 Å². The maximum Gasteiger partial charge on any atom is 0.514 e. The standard InChI is InChI=1S/C23H32N2O9Si/c1-31-21(26)19-13-12-17(33-23(28)34-18-10-8-16(9-11-18)25(29)30)6-5-7-20(19)24-22(27)32-14-15-35(2,3)4/h5-6,8-11,17,19-20H,7,12-15H2,1-4H3,(H,24,27)/b6-5-/t17-,19-,20-/m0/s1. The third-order valence-corrected chi connectivity index (χ3v) is 7.08. The van der Waals surface area contributed by atoms with Crippen molar-refractivity contribution in [2.45, 2.75) is 57.1 Å². The molecule has 35 heavy (non-hydrogen) atoms. The number of methoxy groups -OCH3 is 1. The number of hydrogen-bond acceptors (Lipinski definition) is 9. The van der Waals surface area contributed by atoms with Crippen LogP contribution in [-0.4, -0.2) is 57.1 Å². The number of ether oxygens (including phenoxy) is 4. The fourth-order valence-electron chi connectivity index (χ4n) is 3.40. The lowest BCUT2D eigenvalue weighted by atomic mass is 9.88. The molecule has 1 aliphatic rings. The largest absolute Gasteiger partial charge is 0.514 e. The van der Waals surface area contributed by atoms with Crippen LogP contribution in [0.3, 0.4) is 0 Å². The number of alkyl carbamates (subject to hydrolysis) is 1. The monoisotopic (exact) mass is 508 g/mol. The first kappa shape index (κ1) is 27.8. The Hall–Kier alpha value is -3.41. The van der Waals surface area contributed by atoms with Gasteiger partial charge in [0.15, 0.2) is 0 Å². The summed E-state index contributed by atoms with van der Waals surface area (Å²) >= 11 is 0. The third kappa shape index (κ3) is 9.77. The van der Waals surface area contributed by atoms with Gasteiger partial charge >= 0.3 is 18.2 Å². The molecule has 12 heteroatoms. The Labute approximate surface area is 204 Å². The molecule has 0 bridgehead atoms. The molecule has 0 saturated heterocycles. The molecular formula is C23H32N2O9Si. The molecular weight excluding hydrogens is 476 g/mol. The number of nitrogens with zero attached hydrogens (tertiary/aromatic N) is 1. The third-order valence-electron chi connectivity index (χ3n) is 5.38. The van der Waals surface area contributed by atoms with E-state index in [1.807, 2.05) is 0 Å². The smallest absolute Gasteiger partial charge is 0.469 e. The first-order valence-corrected chi connectivity index (χ1v) is 15.0. The molecule has 1 aliphatic carbocycles. The minimum atomic E-state index is -1.35. The van der Waals surface area contributed by atoms with Gasteiger partial charge in [-0.3, -0.25) is 14.9 Å². The van der Waals surface area contributed by atoms with Gasteiger partial charge in [0, 0.05) is 26.2 Å². The maximum atomic E-state index is 12.4. The van der Waals surface area contributed by atoms with E-state index in [0.717, 1.165) is 6.04 Å². The lowest BCUT2D eigenvalue weighted by molar-refractivity contribution is -0.384. The first-order valence-electron chi connectivity index (χ1n) is 11.3. The van der Waals surface area contributed by atoms with Gasteiger partial charge in [0.1, 0.15) is 11.9 Å². The number of carbonyl (C=O) groups excluding carboxylic acids is 3. The van der Waals surface area contributed by atoms with E-state index in [9.17, 15) is 24.5 Å². The molecule has 1 amide bonds. The van der Waals surface area contributed by atoms with Crippen LogP contribution in [0.4, 0.5) is 15.3 Å². The number of nitro benzene ring substituents is 1. The fourth-order valence-corrected chi connectivity index (χ4v) is 4.11. The van der Waals surface area contributed by atoms with E-state index in [2.05, 4.69) is 25.0 Å². The number of rotatable bonds is 8. The highest BCUT2D eigenvalue weighted by Gasteiger charge is 2.32. The molecule has 1 aromatic carbocycles. The van der Waals surface area contributed by atoms with Crippen molar-refractivity contribution in [3.05, 3.63) is 46.5 Å². The molecule has 11 nitrogen and oxygen atoms in total. The van der Waals surface area contributed by atoms with Gasteiger partial charge in [0.2, 0.25) is 0 Å². The molecule has 0 heterocycles. The number of hydrogen-bond donors (Lipinski definition) is 1. The summed E-state index contributed by atoms with van der Waals surface area (Å²) in [5, 5.41) is 13.5. The summed E-state index contributed by atoms with van der Waals surface area (Å²) in [5.74, 6) is -1.05. The van der Waals surface area contributed by atoms with Crippen LogP contribution in [0.2, 0.25) is 25.7 Å². The number of carbonyl (C=O) groups is 3. The summed E-state index contributed by atoms with van der Waals surface area (Å²) in [6, 6.07) is 5.30. The summed E-state index contributed by atoms with van der Waals surface area (Å²) in [6.07, 6.45) is 2.01. The summed E-state index contributed by atoms with van der Waals surface area (Å²) in [4.78, 5) is 47.0. The average molecular weight is 509 g/mol. The van der Waals surface area contributed by atoms with Crippen molar-refractivity contribution in [1.82, 2.24) is 5.32 Å². The topological polar surface area (TPSA) is 143 Å². The number of non-ortho nitro benzene ring substituents is 1. The van der Waals surface area contributed by atoms with Gasteiger partial charge in [-0.1, -0.05) is 25.7 Å². The zero-order valence-electron chi connectivity index (χ0n) is 20.4. The summed E-state index contributed by atoms with van der Waals surface area (Å²) in [7, 11) is -0.0769. The zero-order valence-corrected chi connectivity index (χ0v) is 21.4. The number of esters is 1. The van der Waals surface area contributed by atoms with Gasteiger partial charge in [-0.05, 0) is 43.5 Å². The van der Waals surface area contributed by atoms with Crippen molar-refractivity contribution in [2.75, 3.05) is 13.7 Å². The number of benzene rings is 1. The fraction of sp³-hybridized carbons (Fsp3) is 0.522. The summed E-state index contributed by atoms with van der Waals surface area (Å²) < 4.78 is 20.6. The molecule has 1 aromatic rings. The number of amides is 1. The van der Waals surface area contributed by atoms with Crippen molar-refractivity contribution in [3.63, 3.8) is 0 Å². The lowest BCUT2D eigenvalue weighted by Gasteiger charge is -2.28. The SMILES string of the molecule is COC(=O)[C@H]1CC[C@@H](OC(=O)Oc2ccc([N+](=O)[O-])cc2)/C=C\C[C@@H]1NC(=O)OCC[Si](C)(C)C. The molecule has 0 radical (unpaired) electrons. The van der Waals surface area contributed by atoms with Crippen LogP contribution in [0.25, 0.3) is 0 Å². The predicted octanol–water partition coefficient (Wildman–Crippen LogP) is 4.44. The summed E-state index contributed by atoms with van der Waals surface area (Å²) in [5.41, 5.74) is -0.134. The molecule has 0 fully saturated rings. The summed E-state index contributed by atoms with van der Waals surface area (Å²) in [6.45, 7) is 6.86. The van der Waals surface area contributed by atoms with Crippen LogP contribution < -0.4 is 10.1 Å². The Kier molecular flexibility index (Phi) is 10.2. The van der Waals surface area contributed by atoms with Gasteiger partial charge in [-0.2, -0.15) is 0 Å². The highest BCUT2D eigenvalue weighted by atomic mass is 28.3. The molecule has 0 spiro atoms. The van der Waals surface area contributed by atoms with Crippen molar-refractivity contribution < 1.29 is 38.3 Å². The van der Waals surface area contributed by atoms with E-state index < -0.39 is 49.3 Å². The minimum absolute atomic E-state index is 0.0970. The molecule has 0 unspecified atom stereocenters. The van der Waals surface area contributed by atoms with E-state index in [4.69, 9.17) is 18.9 Å². The molecule has 1 N–H and O–H groups in total. The second kappa shape index (κ2) is 12.9. The number of nitrogens with one attached hydrogen (secondary N) is 1. The minimum Gasteiger partial charge on any atom is -0.469 e. The predicted molar refractivity (Wildman–Crippen MR) is 129 cm³/mol. The zero-order chi connectivity index (χ0) is 26.0. The van der Waals surface area contributed by atoms with E-state index in [1.165, 1.54) is 31.4 Å². The maximum absolute atomic E-state index is 12.4. The Balaban J connectivity index is 1.96. The van der Waals surface area contributed by atoms with Crippen molar-refractivity contribution >= 4 is 32.0 Å². The van der Waals surface area contributed by atoms with Crippen LogP contribution in [0.15, 0.2) is 36.4 Å². The molecule has 0 aromatic heterocycles. The van der Waals surface area contributed by atoms with Crippen LogP contribution in [0, 0.1) is 16.0 Å². The molecule has 2 rings (SSSR count). The highest BCUT2D eigenvalue weighted by molar-refractivity contribution is 6.76. The van der Waals surface area contributed by atoms with Gasteiger partial charge in [0.25, 0.3) is 5.69 Å². The Morgan fingerprint density at radius 3 is 2.43 bits per heavy atom. The van der Waals surface area contributed by atoms with E-state index in [0.29, 0.717) is 13.0 Å². The molecule has 0 aliphatic heterocycles. The van der Waals surface area contributed by atoms with Crippen LogP contribution in [0.5, 0.6) is 5.75 Å². The second-order valence-corrected chi connectivity index (χ2v) is 14.9. The second-order valence-electron chi connectivity index (χ2n) is 9.33. The quantitative estimate of drug-likeness (QED) is 0.102. The van der Waals surface area contributed by atoms with E-state index in [1.54, 1.807) is 12.2 Å². The van der Waals surface area contributed by atoms with E-state index >= 15 is 0 Å². The van der Waals surface area contributed by atoms with Crippen molar-refractivity contribution in [3.8, 4) is 5.75 Å². The van der Waals surface area contributed by atoms with Crippen molar-refractivity contribution in [2.24, 2.45) is 5.92 Å². The van der Waals surface area contributed by atoms with Gasteiger partial charge < -0.3 is 24.3 Å². The van der Waals surface area contributed by atoms with Gasteiger partial charge in [-0.15, -0.1) is 0 Å². The lowest BCUT2D eigenvalue weighted by Crippen LogP contribution is -2.45. The molecule has 192 valence electrons. The Bertz CT molecular complexity index is 928. The normalized spacial score (nSPS) is 21.0. The van der Waals surface area contributed by atoms with Gasteiger partial charge in [0.05, 0.1) is 24.6 Å². The first-order chi connectivity index (χ1) is 16.5. The van der Waals surface area contributed by atoms with E-state index in [-0.39, 0.29) is 24.3 Å². The van der Waals surface area contributed by atoms with Crippen LogP contribution in [-0.2, 0) is 19.0 Å².